The van der Waals surface area contributed by atoms with Crippen LogP contribution in [-0.4, -0.2) is 16.1 Å². The predicted molar refractivity (Wildman–Crippen MR) is 54.9 cm³/mol. The highest BCUT2D eigenvalue weighted by Gasteiger charge is 2.19. The van der Waals surface area contributed by atoms with Gasteiger partial charge < -0.3 is 5.11 Å². The van der Waals surface area contributed by atoms with E-state index in [2.05, 4.69) is 4.98 Å². The van der Waals surface area contributed by atoms with Crippen molar-refractivity contribution in [2.75, 3.05) is 0 Å². The lowest BCUT2D eigenvalue weighted by Gasteiger charge is -2.19. The Bertz CT molecular complexity index is 329. The second-order valence-electron chi connectivity index (χ2n) is 3.72. The number of rotatable bonds is 2. The maximum atomic E-state index is 10.6. The van der Waals surface area contributed by atoms with Gasteiger partial charge in [0.25, 0.3) is 0 Å². The van der Waals surface area contributed by atoms with Gasteiger partial charge in [-0.25, -0.2) is 9.78 Å². The molecule has 0 aromatic carbocycles. The third-order valence-electron chi connectivity index (χ3n) is 2.73. The van der Waals surface area contributed by atoms with Gasteiger partial charge in [-0.15, -0.1) is 11.3 Å². The van der Waals surface area contributed by atoms with Crippen LogP contribution in [0.2, 0.25) is 0 Å². The second-order valence-corrected chi connectivity index (χ2v) is 4.58. The molecular weight excluding hydrogens is 198 g/mol. The summed E-state index contributed by atoms with van der Waals surface area (Å²) in [5.41, 5.74) is 0.993. The minimum Gasteiger partial charge on any atom is -0.476 e. The van der Waals surface area contributed by atoms with Gasteiger partial charge in [0, 0.05) is 11.3 Å². The summed E-state index contributed by atoms with van der Waals surface area (Å²) >= 11 is 1.24. The molecule has 1 aliphatic rings. The van der Waals surface area contributed by atoms with Gasteiger partial charge in [-0.1, -0.05) is 19.3 Å². The Labute approximate surface area is 86.8 Å². The van der Waals surface area contributed by atoms with Crippen LogP contribution in [0, 0.1) is 0 Å². The lowest BCUT2D eigenvalue weighted by Crippen LogP contribution is -2.05. The minimum absolute atomic E-state index is 0.227. The fraction of sp³-hybridized carbons (Fsp3) is 0.600. The Hall–Kier alpha value is -0.900. The van der Waals surface area contributed by atoms with Crippen LogP contribution < -0.4 is 0 Å². The SMILES string of the molecule is O=C(O)c1nc(C2CCCCC2)cs1. The number of nitrogens with zero attached hydrogens (tertiary/aromatic N) is 1. The first-order valence-corrected chi connectivity index (χ1v) is 5.84. The zero-order valence-electron chi connectivity index (χ0n) is 7.90. The molecule has 4 heteroatoms. The quantitative estimate of drug-likeness (QED) is 0.818. The first-order chi connectivity index (χ1) is 6.77. The van der Waals surface area contributed by atoms with E-state index in [1.165, 1.54) is 43.4 Å². The normalized spacial score (nSPS) is 18.3. The van der Waals surface area contributed by atoms with Crippen molar-refractivity contribution in [3.63, 3.8) is 0 Å². The zero-order chi connectivity index (χ0) is 9.97. The first-order valence-electron chi connectivity index (χ1n) is 4.96. The molecular formula is C10H13NO2S. The number of aromatic carboxylic acids is 1. The highest BCUT2D eigenvalue weighted by molar-refractivity contribution is 7.11. The molecule has 0 unspecified atom stereocenters. The van der Waals surface area contributed by atoms with E-state index in [1.54, 1.807) is 0 Å². The molecule has 1 saturated carbocycles. The molecule has 0 atom stereocenters. The summed E-state index contributed by atoms with van der Waals surface area (Å²) < 4.78 is 0. The van der Waals surface area contributed by atoms with Gasteiger partial charge in [0.1, 0.15) is 0 Å². The van der Waals surface area contributed by atoms with Gasteiger partial charge in [-0.2, -0.15) is 0 Å². The van der Waals surface area contributed by atoms with Gasteiger partial charge in [0.15, 0.2) is 0 Å². The molecule has 14 heavy (non-hydrogen) atoms. The lowest BCUT2D eigenvalue weighted by atomic mass is 9.87. The molecule has 0 spiro atoms. The molecule has 3 nitrogen and oxygen atoms in total. The van der Waals surface area contributed by atoms with Crippen molar-refractivity contribution in [1.29, 1.82) is 0 Å². The highest BCUT2D eigenvalue weighted by atomic mass is 32.1. The molecule has 1 N–H and O–H groups in total. The molecule has 0 amide bonds. The van der Waals surface area contributed by atoms with Crippen LogP contribution in [0.4, 0.5) is 0 Å². The van der Waals surface area contributed by atoms with E-state index < -0.39 is 5.97 Å². The predicted octanol–water partition coefficient (Wildman–Crippen LogP) is 2.89. The third-order valence-corrected chi connectivity index (χ3v) is 3.58. The number of thiazole rings is 1. The van der Waals surface area contributed by atoms with E-state index in [-0.39, 0.29) is 5.01 Å². The summed E-state index contributed by atoms with van der Waals surface area (Å²) in [5, 5.41) is 10.9. The smallest absolute Gasteiger partial charge is 0.365 e. The molecule has 1 aromatic heterocycles. The van der Waals surface area contributed by atoms with Crippen LogP contribution in [0.5, 0.6) is 0 Å². The zero-order valence-corrected chi connectivity index (χ0v) is 8.72. The number of carbonyl (C=O) groups is 1. The maximum absolute atomic E-state index is 10.6. The Morgan fingerprint density at radius 2 is 2.14 bits per heavy atom. The molecule has 0 bridgehead atoms. The van der Waals surface area contributed by atoms with Crippen LogP contribution in [0.3, 0.4) is 0 Å². The van der Waals surface area contributed by atoms with Crippen LogP contribution in [-0.2, 0) is 0 Å². The molecule has 1 heterocycles. The second kappa shape index (κ2) is 4.09. The third kappa shape index (κ3) is 1.95. The van der Waals surface area contributed by atoms with Gasteiger partial charge >= 0.3 is 5.97 Å². The van der Waals surface area contributed by atoms with Crippen molar-refractivity contribution in [3.8, 4) is 0 Å². The summed E-state index contributed by atoms with van der Waals surface area (Å²) in [6.45, 7) is 0. The number of carboxylic acid groups (broad SMARTS) is 1. The Kier molecular flexibility index (Phi) is 2.82. The molecule has 0 radical (unpaired) electrons. The van der Waals surface area contributed by atoms with Crippen LogP contribution >= 0.6 is 11.3 Å². The summed E-state index contributed by atoms with van der Waals surface area (Å²) in [4.78, 5) is 14.8. The van der Waals surface area contributed by atoms with Crippen LogP contribution in [0.1, 0.15) is 53.5 Å². The van der Waals surface area contributed by atoms with E-state index in [1.807, 2.05) is 5.38 Å². The maximum Gasteiger partial charge on any atom is 0.365 e. The van der Waals surface area contributed by atoms with Gasteiger partial charge in [0.05, 0.1) is 5.69 Å². The van der Waals surface area contributed by atoms with E-state index in [4.69, 9.17) is 5.11 Å². The van der Waals surface area contributed by atoms with Gasteiger partial charge in [-0.05, 0) is 12.8 Å². The molecule has 76 valence electrons. The van der Waals surface area contributed by atoms with Gasteiger partial charge in [-0.3, -0.25) is 0 Å². The van der Waals surface area contributed by atoms with E-state index >= 15 is 0 Å². The Balaban J connectivity index is 2.11. The topological polar surface area (TPSA) is 50.2 Å². The fourth-order valence-corrected chi connectivity index (χ4v) is 2.71. The average molecular weight is 211 g/mol. The van der Waals surface area contributed by atoms with Crippen LogP contribution in [0.25, 0.3) is 0 Å². The largest absolute Gasteiger partial charge is 0.476 e. The standard InChI is InChI=1S/C10H13NO2S/c12-10(13)9-11-8(6-14-9)7-4-2-1-3-5-7/h6-7H,1-5H2,(H,12,13). The number of hydrogen-bond acceptors (Lipinski definition) is 3. The van der Waals surface area contributed by atoms with E-state index in [0.29, 0.717) is 5.92 Å². The summed E-state index contributed by atoms with van der Waals surface area (Å²) in [6.07, 6.45) is 6.16. The van der Waals surface area contributed by atoms with Crippen molar-refractivity contribution in [1.82, 2.24) is 4.98 Å². The van der Waals surface area contributed by atoms with Crippen molar-refractivity contribution >= 4 is 17.3 Å². The molecule has 1 aliphatic carbocycles. The van der Waals surface area contributed by atoms with Crippen molar-refractivity contribution < 1.29 is 9.90 Å². The fourth-order valence-electron chi connectivity index (χ4n) is 1.97. The summed E-state index contributed by atoms with van der Waals surface area (Å²) in [6, 6.07) is 0. The molecule has 1 fully saturated rings. The van der Waals surface area contributed by atoms with Crippen molar-refractivity contribution in [2.45, 2.75) is 38.0 Å². The molecule has 0 saturated heterocycles. The Morgan fingerprint density at radius 1 is 1.43 bits per heavy atom. The van der Waals surface area contributed by atoms with Crippen molar-refractivity contribution in [2.24, 2.45) is 0 Å². The number of aromatic nitrogens is 1. The monoisotopic (exact) mass is 211 g/mol. The summed E-state index contributed by atoms with van der Waals surface area (Å²) in [5.74, 6) is -0.398. The first kappa shape index (κ1) is 9.65. The number of hydrogen-bond donors (Lipinski definition) is 1. The molecule has 0 aliphatic heterocycles. The Morgan fingerprint density at radius 3 is 2.71 bits per heavy atom. The van der Waals surface area contributed by atoms with Gasteiger partial charge in [0.2, 0.25) is 5.01 Å². The lowest BCUT2D eigenvalue weighted by molar-refractivity contribution is 0.0696. The van der Waals surface area contributed by atoms with Crippen LogP contribution in [0.15, 0.2) is 5.38 Å². The molecule has 1 aromatic rings. The van der Waals surface area contributed by atoms with Crippen molar-refractivity contribution in [3.05, 3.63) is 16.1 Å². The highest BCUT2D eigenvalue weighted by Crippen LogP contribution is 2.32. The average Bonchev–Trinajstić information content (AvgIpc) is 2.68. The molecule has 2 rings (SSSR count). The van der Waals surface area contributed by atoms with E-state index in [9.17, 15) is 4.79 Å². The van der Waals surface area contributed by atoms with E-state index in [0.717, 1.165) is 5.69 Å². The minimum atomic E-state index is -0.906. The summed E-state index contributed by atoms with van der Waals surface area (Å²) in [7, 11) is 0. The number of carboxylic acids is 1.